The van der Waals surface area contributed by atoms with Gasteiger partial charge in [-0.3, -0.25) is 4.90 Å². The molecule has 2 aromatic carbocycles. The van der Waals surface area contributed by atoms with Gasteiger partial charge < -0.3 is 18.9 Å². The van der Waals surface area contributed by atoms with E-state index in [1.807, 2.05) is 42.5 Å². The van der Waals surface area contributed by atoms with E-state index in [4.69, 9.17) is 25.6 Å². The maximum Gasteiger partial charge on any atom is 0.240 e. The summed E-state index contributed by atoms with van der Waals surface area (Å²) in [6, 6.07) is 15.4. The number of benzene rings is 2. The average Bonchev–Trinajstić information content (AvgIpc) is 3.20. The first kappa shape index (κ1) is 19.5. The Bertz CT molecular complexity index is 924. The van der Waals surface area contributed by atoms with Crippen molar-refractivity contribution in [1.82, 2.24) is 15.0 Å². The number of ether oxygens (including phenoxy) is 2. The molecule has 0 unspecified atom stereocenters. The molecule has 0 amide bonds. The Morgan fingerprint density at radius 1 is 1.03 bits per heavy atom. The van der Waals surface area contributed by atoms with Crippen molar-refractivity contribution in [1.29, 1.82) is 0 Å². The molecule has 0 radical (unpaired) electrons. The van der Waals surface area contributed by atoms with E-state index >= 15 is 0 Å². The molecule has 0 aliphatic carbocycles. The van der Waals surface area contributed by atoms with Gasteiger partial charge >= 0.3 is 0 Å². The van der Waals surface area contributed by atoms with Crippen molar-refractivity contribution in [3.63, 3.8) is 0 Å². The molecular weight excluding hydrogens is 392 g/mol. The van der Waals surface area contributed by atoms with E-state index in [0.29, 0.717) is 18.3 Å². The van der Waals surface area contributed by atoms with Crippen LogP contribution in [0.2, 0.25) is 5.02 Å². The largest absolute Gasteiger partial charge is 0.497 e. The van der Waals surface area contributed by atoms with Crippen molar-refractivity contribution in [2.45, 2.75) is 13.2 Å². The third-order valence-electron chi connectivity index (χ3n) is 4.84. The summed E-state index contributed by atoms with van der Waals surface area (Å²) in [5.41, 5.74) is 1.16. The Morgan fingerprint density at radius 2 is 1.79 bits per heavy atom. The van der Waals surface area contributed by atoms with Gasteiger partial charge in [-0.15, -0.1) is 0 Å². The van der Waals surface area contributed by atoms with Crippen molar-refractivity contribution < 1.29 is 14.0 Å². The molecule has 2 heterocycles. The predicted molar refractivity (Wildman–Crippen MR) is 111 cm³/mol. The Balaban J connectivity index is 1.25. The van der Waals surface area contributed by atoms with Crippen LogP contribution in [0.25, 0.3) is 0 Å². The van der Waals surface area contributed by atoms with E-state index in [2.05, 4.69) is 26.0 Å². The number of hydrogen-bond acceptors (Lipinski definition) is 7. The van der Waals surface area contributed by atoms with Gasteiger partial charge in [0, 0.05) is 36.9 Å². The van der Waals surface area contributed by atoms with E-state index < -0.39 is 0 Å². The molecule has 1 saturated heterocycles. The number of rotatable bonds is 7. The van der Waals surface area contributed by atoms with Crippen LogP contribution < -0.4 is 14.4 Å². The summed E-state index contributed by atoms with van der Waals surface area (Å²) in [4.78, 5) is 9.09. The average molecular weight is 415 g/mol. The molecule has 4 rings (SSSR count). The zero-order valence-corrected chi connectivity index (χ0v) is 17.0. The summed E-state index contributed by atoms with van der Waals surface area (Å²) in [5, 5.41) is 4.78. The minimum Gasteiger partial charge on any atom is -0.497 e. The molecule has 1 aliphatic heterocycles. The van der Waals surface area contributed by atoms with Crippen LogP contribution in [0.15, 0.2) is 53.1 Å². The molecule has 0 N–H and O–H groups in total. The summed E-state index contributed by atoms with van der Waals surface area (Å²) in [6.07, 6.45) is 0. The van der Waals surface area contributed by atoms with Crippen molar-refractivity contribution in [2.24, 2.45) is 0 Å². The van der Waals surface area contributed by atoms with Crippen LogP contribution in [0.4, 0.5) is 5.69 Å². The van der Waals surface area contributed by atoms with Crippen LogP contribution >= 0.6 is 11.6 Å². The number of halogens is 1. The zero-order valence-electron chi connectivity index (χ0n) is 16.3. The fourth-order valence-corrected chi connectivity index (χ4v) is 3.45. The second-order valence-corrected chi connectivity index (χ2v) is 7.25. The first-order chi connectivity index (χ1) is 14.2. The molecule has 0 atom stereocenters. The first-order valence-electron chi connectivity index (χ1n) is 9.51. The normalized spacial score (nSPS) is 14.8. The topological polar surface area (TPSA) is 63.9 Å². The highest BCUT2D eigenvalue weighted by Gasteiger charge is 2.19. The lowest BCUT2D eigenvalue weighted by atomic mass is 10.2. The van der Waals surface area contributed by atoms with Gasteiger partial charge in [0.2, 0.25) is 11.7 Å². The highest BCUT2D eigenvalue weighted by Crippen LogP contribution is 2.21. The van der Waals surface area contributed by atoms with Gasteiger partial charge in [0.15, 0.2) is 6.61 Å². The molecule has 0 bridgehead atoms. The number of hydrogen-bond donors (Lipinski definition) is 0. The van der Waals surface area contributed by atoms with Gasteiger partial charge in [-0.25, -0.2) is 0 Å². The molecule has 3 aromatic rings. The summed E-state index contributed by atoms with van der Waals surface area (Å²) >= 11 is 6.10. The van der Waals surface area contributed by atoms with Crippen LogP contribution in [-0.2, 0) is 13.2 Å². The van der Waals surface area contributed by atoms with Crippen LogP contribution in [-0.4, -0.2) is 48.3 Å². The Hall–Kier alpha value is -2.77. The Morgan fingerprint density at radius 3 is 2.52 bits per heavy atom. The lowest BCUT2D eigenvalue weighted by Crippen LogP contribution is -2.46. The van der Waals surface area contributed by atoms with Crippen molar-refractivity contribution in [3.8, 4) is 11.5 Å². The second-order valence-electron chi connectivity index (χ2n) is 6.81. The minimum atomic E-state index is 0.262. The Labute approximate surface area is 174 Å². The molecule has 152 valence electrons. The molecular formula is C21H23ClN4O3. The number of nitrogens with zero attached hydrogens (tertiary/aromatic N) is 4. The molecule has 8 heteroatoms. The Kier molecular flexibility index (Phi) is 6.17. The maximum atomic E-state index is 6.10. The molecule has 1 aliphatic rings. The van der Waals surface area contributed by atoms with E-state index in [9.17, 15) is 0 Å². The maximum absolute atomic E-state index is 6.10. The highest BCUT2D eigenvalue weighted by molar-refractivity contribution is 6.30. The number of methoxy groups -OCH3 is 1. The predicted octanol–water partition coefficient (Wildman–Crippen LogP) is 3.63. The molecule has 0 saturated carbocycles. The molecule has 29 heavy (non-hydrogen) atoms. The first-order valence-corrected chi connectivity index (χ1v) is 9.88. The standard InChI is InChI=1S/C21H23ClN4O3/c1-27-18-5-7-19(8-6-18)28-15-20-23-21(29-24-20)14-25-9-11-26(12-10-25)17-4-2-3-16(22)13-17/h2-8,13H,9-12,14-15H2,1H3. The van der Waals surface area contributed by atoms with E-state index in [1.165, 1.54) is 0 Å². The molecule has 1 aromatic heterocycles. The summed E-state index contributed by atoms with van der Waals surface area (Å²) in [6.45, 7) is 4.61. The van der Waals surface area contributed by atoms with Crippen molar-refractivity contribution in [2.75, 3.05) is 38.2 Å². The quantitative estimate of drug-likeness (QED) is 0.584. The van der Waals surface area contributed by atoms with Gasteiger partial charge in [0.25, 0.3) is 0 Å². The highest BCUT2D eigenvalue weighted by atomic mass is 35.5. The SMILES string of the molecule is COc1ccc(OCc2noc(CN3CCN(c4cccc(Cl)c4)CC3)n2)cc1. The van der Waals surface area contributed by atoms with Crippen molar-refractivity contribution >= 4 is 17.3 Å². The second kappa shape index (κ2) is 9.15. The van der Waals surface area contributed by atoms with E-state index in [0.717, 1.165) is 48.4 Å². The van der Waals surface area contributed by atoms with Gasteiger partial charge in [0.1, 0.15) is 11.5 Å². The number of aromatic nitrogens is 2. The molecule has 0 spiro atoms. The molecule has 7 nitrogen and oxygen atoms in total. The van der Waals surface area contributed by atoms with Gasteiger partial charge in [-0.2, -0.15) is 4.98 Å². The fraction of sp³-hybridized carbons (Fsp3) is 0.333. The van der Waals surface area contributed by atoms with E-state index in [-0.39, 0.29) is 6.61 Å². The summed E-state index contributed by atoms with van der Waals surface area (Å²) in [7, 11) is 1.63. The summed E-state index contributed by atoms with van der Waals surface area (Å²) < 4.78 is 16.2. The molecule has 1 fully saturated rings. The van der Waals surface area contributed by atoms with Gasteiger partial charge in [0.05, 0.1) is 13.7 Å². The summed E-state index contributed by atoms with van der Waals surface area (Å²) in [5.74, 6) is 2.66. The van der Waals surface area contributed by atoms with Crippen molar-refractivity contribution in [3.05, 3.63) is 65.3 Å². The minimum absolute atomic E-state index is 0.262. The lowest BCUT2D eigenvalue weighted by Gasteiger charge is -2.35. The van der Waals surface area contributed by atoms with Gasteiger partial charge in [-0.1, -0.05) is 22.8 Å². The number of anilines is 1. The van der Waals surface area contributed by atoms with Crippen LogP contribution in [0.1, 0.15) is 11.7 Å². The van der Waals surface area contributed by atoms with Gasteiger partial charge in [-0.05, 0) is 42.5 Å². The fourth-order valence-electron chi connectivity index (χ4n) is 3.26. The van der Waals surface area contributed by atoms with Crippen LogP contribution in [0, 0.1) is 0 Å². The third-order valence-corrected chi connectivity index (χ3v) is 5.08. The lowest BCUT2D eigenvalue weighted by molar-refractivity contribution is 0.214. The monoisotopic (exact) mass is 414 g/mol. The van der Waals surface area contributed by atoms with Crippen LogP contribution in [0.5, 0.6) is 11.5 Å². The van der Waals surface area contributed by atoms with Crippen LogP contribution in [0.3, 0.4) is 0 Å². The smallest absolute Gasteiger partial charge is 0.240 e. The number of piperazine rings is 1. The third kappa shape index (κ3) is 5.19. The zero-order chi connectivity index (χ0) is 20.1. The van der Waals surface area contributed by atoms with E-state index in [1.54, 1.807) is 7.11 Å².